The molecule has 1 aromatic heterocycles. The molecule has 4 heteroatoms. The first-order valence-corrected chi connectivity index (χ1v) is 4.87. The van der Waals surface area contributed by atoms with Crippen LogP contribution in [0.5, 0.6) is 0 Å². The summed E-state index contributed by atoms with van der Waals surface area (Å²) in [6, 6.07) is 2.07. The molecule has 0 saturated carbocycles. The van der Waals surface area contributed by atoms with E-state index < -0.39 is 0 Å². The Hall–Kier alpha value is -0.480. The fourth-order valence-electron chi connectivity index (χ4n) is 1.01. The lowest BCUT2D eigenvalue weighted by atomic mass is 10.2. The van der Waals surface area contributed by atoms with E-state index in [-0.39, 0.29) is 6.04 Å². The highest BCUT2D eigenvalue weighted by Gasteiger charge is 2.07. The molecule has 0 bridgehead atoms. The topological polar surface area (TPSA) is 43.8 Å². The molecule has 1 atom stereocenters. The quantitative estimate of drug-likeness (QED) is 0.731. The third kappa shape index (κ3) is 1.97. The summed E-state index contributed by atoms with van der Waals surface area (Å²) >= 11 is 1.75. The van der Waals surface area contributed by atoms with Crippen LogP contribution >= 0.6 is 11.8 Å². The minimum Gasteiger partial charge on any atom is -0.322 e. The predicted octanol–water partition coefficient (Wildman–Crippen LogP) is 0.783. The van der Waals surface area contributed by atoms with Crippen molar-refractivity contribution in [1.82, 2.24) is 9.78 Å². The molecular formula is C7H13N3S. The van der Waals surface area contributed by atoms with E-state index in [4.69, 9.17) is 5.73 Å². The Morgan fingerprint density at radius 2 is 2.55 bits per heavy atom. The van der Waals surface area contributed by atoms with Gasteiger partial charge in [0.2, 0.25) is 0 Å². The standard InChI is InChI=1S/C7H13N3S/c1-10-7(3-4-9-10)6(8)5-11-2/h3-4,6H,5,8H2,1-2H3. The molecule has 0 aliphatic rings. The summed E-state index contributed by atoms with van der Waals surface area (Å²) in [5, 5.41) is 4.05. The van der Waals surface area contributed by atoms with Crippen molar-refractivity contribution in [2.45, 2.75) is 6.04 Å². The van der Waals surface area contributed by atoms with Gasteiger partial charge in [-0.2, -0.15) is 16.9 Å². The molecule has 2 N–H and O–H groups in total. The molecule has 0 amide bonds. The van der Waals surface area contributed by atoms with E-state index in [1.54, 1.807) is 18.0 Å². The van der Waals surface area contributed by atoms with Crippen LogP contribution in [0.4, 0.5) is 0 Å². The zero-order valence-electron chi connectivity index (χ0n) is 6.82. The molecular weight excluding hydrogens is 158 g/mol. The maximum Gasteiger partial charge on any atom is 0.0558 e. The van der Waals surface area contributed by atoms with Gasteiger partial charge in [0.1, 0.15) is 0 Å². The summed E-state index contributed by atoms with van der Waals surface area (Å²) in [5.41, 5.74) is 6.97. The Balaban J connectivity index is 2.67. The number of nitrogens with two attached hydrogens (primary N) is 1. The Bertz CT molecular complexity index is 221. The van der Waals surface area contributed by atoms with Crippen LogP contribution in [0.2, 0.25) is 0 Å². The predicted molar refractivity (Wildman–Crippen MR) is 48.5 cm³/mol. The first-order chi connectivity index (χ1) is 5.25. The Labute approximate surface area is 71.0 Å². The number of hydrogen-bond donors (Lipinski definition) is 1. The zero-order valence-corrected chi connectivity index (χ0v) is 7.64. The fraction of sp³-hybridized carbons (Fsp3) is 0.571. The van der Waals surface area contributed by atoms with Gasteiger partial charge in [-0.3, -0.25) is 4.68 Å². The molecule has 1 aromatic rings. The normalized spacial score (nSPS) is 13.4. The number of aryl methyl sites for hydroxylation is 1. The number of nitrogens with zero attached hydrogens (tertiary/aromatic N) is 2. The summed E-state index contributed by atoms with van der Waals surface area (Å²) in [6.07, 6.45) is 3.83. The van der Waals surface area contributed by atoms with E-state index in [2.05, 4.69) is 11.4 Å². The van der Waals surface area contributed by atoms with Gasteiger partial charge in [-0.1, -0.05) is 0 Å². The van der Waals surface area contributed by atoms with Crippen LogP contribution in [-0.2, 0) is 7.05 Å². The third-order valence-corrected chi connectivity index (χ3v) is 2.28. The first kappa shape index (κ1) is 8.62. The average molecular weight is 171 g/mol. The lowest BCUT2D eigenvalue weighted by Crippen LogP contribution is -2.16. The summed E-state index contributed by atoms with van der Waals surface area (Å²) in [5.74, 6) is 0.944. The van der Waals surface area contributed by atoms with Crippen molar-refractivity contribution in [2.24, 2.45) is 12.8 Å². The summed E-state index contributed by atoms with van der Waals surface area (Å²) < 4.78 is 1.82. The van der Waals surface area contributed by atoms with Crippen LogP contribution in [-0.4, -0.2) is 21.8 Å². The van der Waals surface area contributed by atoms with Gasteiger partial charge in [-0.05, 0) is 12.3 Å². The van der Waals surface area contributed by atoms with E-state index >= 15 is 0 Å². The van der Waals surface area contributed by atoms with Crippen LogP contribution in [0.25, 0.3) is 0 Å². The van der Waals surface area contributed by atoms with Gasteiger partial charge in [-0.15, -0.1) is 0 Å². The van der Waals surface area contributed by atoms with Crippen molar-refractivity contribution < 1.29 is 0 Å². The molecule has 11 heavy (non-hydrogen) atoms. The van der Waals surface area contributed by atoms with Gasteiger partial charge in [0.15, 0.2) is 0 Å². The summed E-state index contributed by atoms with van der Waals surface area (Å²) in [7, 11) is 1.91. The molecule has 62 valence electrons. The van der Waals surface area contributed by atoms with Crippen molar-refractivity contribution >= 4 is 11.8 Å². The number of thioether (sulfide) groups is 1. The largest absolute Gasteiger partial charge is 0.322 e. The van der Waals surface area contributed by atoms with Crippen LogP contribution in [0, 0.1) is 0 Å². The van der Waals surface area contributed by atoms with Crippen LogP contribution in [0.15, 0.2) is 12.3 Å². The third-order valence-electron chi connectivity index (χ3n) is 1.58. The Morgan fingerprint density at radius 1 is 1.82 bits per heavy atom. The number of rotatable bonds is 3. The van der Waals surface area contributed by atoms with E-state index in [0.717, 1.165) is 11.4 Å². The molecule has 1 rings (SSSR count). The highest BCUT2D eigenvalue weighted by atomic mass is 32.2. The van der Waals surface area contributed by atoms with Crippen LogP contribution in [0.1, 0.15) is 11.7 Å². The van der Waals surface area contributed by atoms with E-state index in [1.807, 2.05) is 17.8 Å². The molecule has 0 aliphatic carbocycles. The highest BCUT2D eigenvalue weighted by Crippen LogP contribution is 2.12. The Morgan fingerprint density at radius 3 is 3.00 bits per heavy atom. The first-order valence-electron chi connectivity index (χ1n) is 3.48. The van der Waals surface area contributed by atoms with Crippen molar-refractivity contribution in [3.63, 3.8) is 0 Å². The van der Waals surface area contributed by atoms with E-state index in [9.17, 15) is 0 Å². The second kappa shape index (κ2) is 3.78. The maximum absolute atomic E-state index is 5.87. The molecule has 0 aliphatic heterocycles. The maximum atomic E-state index is 5.87. The lowest BCUT2D eigenvalue weighted by Gasteiger charge is -2.09. The average Bonchev–Trinajstić information content (AvgIpc) is 2.36. The minimum absolute atomic E-state index is 0.109. The molecule has 0 saturated heterocycles. The second-order valence-corrected chi connectivity index (χ2v) is 3.35. The highest BCUT2D eigenvalue weighted by molar-refractivity contribution is 7.98. The molecule has 1 heterocycles. The zero-order chi connectivity index (χ0) is 8.27. The van der Waals surface area contributed by atoms with Gasteiger partial charge >= 0.3 is 0 Å². The van der Waals surface area contributed by atoms with Crippen LogP contribution < -0.4 is 5.73 Å². The summed E-state index contributed by atoms with van der Waals surface area (Å²) in [6.45, 7) is 0. The van der Waals surface area contributed by atoms with Gasteiger partial charge in [0, 0.05) is 19.0 Å². The molecule has 0 radical (unpaired) electrons. The molecule has 1 unspecified atom stereocenters. The van der Waals surface area contributed by atoms with Gasteiger partial charge < -0.3 is 5.73 Å². The van der Waals surface area contributed by atoms with Crippen molar-refractivity contribution in [3.05, 3.63) is 18.0 Å². The second-order valence-electron chi connectivity index (χ2n) is 2.44. The van der Waals surface area contributed by atoms with E-state index in [0.29, 0.717) is 0 Å². The van der Waals surface area contributed by atoms with Crippen molar-refractivity contribution in [3.8, 4) is 0 Å². The number of hydrogen-bond acceptors (Lipinski definition) is 3. The number of aromatic nitrogens is 2. The fourth-order valence-corrected chi connectivity index (χ4v) is 1.54. The SMILES string of the molecule is CSCC(N)c1ccnn1C. The molecule has 0 spiro atoms. The minimum atomic E-state index is 0.109. The van der Waals surface area contributed by atoms with Gasteiger partial charge in [-0.25, -0.2) is 0 Å². The van der Waals surface area contributed by atoms with Crippen LogP contribution in [0.3, 0.4) is 0 Å². The smallest absolute Gasteiger partial charge is 0.0558 e. The molecule has 3 nitrogen and oxygen atoms in total. The lowest BCUT2D eigenvalue weighted by molar-refractivity contribution is 0.659. The van der Waals surface area contributed by atoms with Gasteiger partial charge in [0.25, 0.3) is 0 Å². The molecule has 0 aromatic carbocycles. The monoisotopic (exact) mass is 171 g/mol. The summed E-state index contributed by atoms with van der Waals surface area (Å²) in [4.78, 5) is 0. The Kier molecular flexibility index (Phi) is 2.96. The van der Waals surface area contributed by atoms with Crippen molar-refractivity contribution in [1.29, 1.82) is 0 Å². The molecule has 0 fully saturated rings. The van der Waals surface area contributed by atoms with Gasteiger partial charge in [0.05, 0.1) is 11.7 Å². The van der Waals surface area contributed by atoms with Crippen molar-refractivity contribution in [2.75, 3.05) is 12.0 Å². The van der Waals surface area contributed by atoms with E-state index in [1.165, 1.54) is 0 Å².